The molecule has 2 aromatic rings. The van der Waals surface area contributed by atoms with Crippen LogP contribution in [0.15, 0.2) is 30.6 Å². The second-order valence-corrected chi connectivity index (χ2v) is 4.51. The number of hydrogen-bond acceptors (Lipinski definition) is 7. The Morgan fingerprint density at radius 3 is 2.52 bits per heavy atom. The Morgan fingerprint density at radius 1 is 1.14 bits per heavy atom. The number of amides is 1. The minimum absolute atomic E-state index is 0.0334. The molecule has 7 nitrogen and oxygen atoms in total. The lowest BCUT2D eigenvalue weighted by molar-refractivity contribution is -0.120. The lowest BCUT2D eigenvalue weighted by Crippen LogP contribution is -2.30. The minimum atomic E-state index is -0.118. The van der Waals surface area contributed by atoms with Crippen LogP contribution in [-0.2, 0) is 11.2 Å². The molecular weight excluding hydrogens is 295 g/mol. The molecule has 0 bridgehead atoms. The van der Waals surface area contributed by atoms with Gasteiger partial charge in [0.15, 0.2) is 6.33 Å². The zero-order chi connectivity index (χ0) is 14.9. The third-order valence-corrected chi connectivity index (χ3v) is 2.90. The van der Waals surface area contributed by atoms with E-state index in [1.807, 2.05) is 24.3 Å². The van der Waals surface area contributed by atoms with Crippen molar-refractivity contribution < 1.29 is 8.68 Å². The first kappa shape index (κ1) is 15.3. The Kier molecular flexibility index (Phi) is 5.98. The van der Waals surface area contributed by atoms with Crippen LogP contribution in [0.3, 0.4) is 0 Å². The van der Waals surface area contributed by atoms with Crippen LogP contribution in [0, 0.1) is 0 Å². The second-order valence-electron chi connectivity index (χ2n) is 4.07. The van der Waals surface area contributed by atoms with Crippen molar-refractivity contribution in [3.05, 3.63) is 36.2 Å². The summed E-state index contributed by atoms with van der Waals surface area (Å²) in [5.74, 6) is 0.316. The maximum Gasteiger partial charge on any atom is 0.224 e. The fourth-order valence-electron chi connectivity index (χ4n) is 1.63. The second kappa shape index (κ2) is 8.22. The Balaban J connectivity index is 1.86. The van der Waals surface area contributed by atoms with E-state index >= 15 is 0 Å². The van der Waals surface area contributed by atoms with Gasteiger partial charge in [0.05, 0.1) is 6.42 Å². The van der Waals surface area contributed by atoms with Crippen LogP contribution in [0.2, 0.25) is 0 Å². The average molecular weight is 308 g/mol. The smallest absolute Gasteiger partial charge is 0.224 e. The van der Waals surface area contributed by atoms with E-state index in [-0.39, 0.29) is 24.7 Å². The summed E-state index contributed by atoms with van der Waals surface area (Å²) < 4.78 is 14.1. The summed E-state index contributed by atoms with van der Waals surface area (Å²) in [7, 11) is 0. The molecule has 1 aromatic heterocycles. The van der Waals surface area contributed by atoms with Gasteiger partial charge in [-0.1, -0.05) is 24.3 Å². The first-order chi connectivity index (χ1) is 10.3. The van der Waals surface area contributed by atoms with Crippen LogP contribution in [-0.4, -0.2) is 39.4 Å². The zero-order valence-corrected chi connectivity index (χ0v) is 11.8. The van der Waals surface area contributed by atoms with E-state index in [2.05, 4.69) is 30.4 Å². The maximum atomic E-state index is 11.7. The van der Waals surface area contributed by atoms with Gasteiger partial charge < -0.3 is 5.32 Å². The van der Waals surface area contributed by atoms with Crippen molar-refractivity contribution in [2.24, 2.45) is 0 Å². The molecule has 0 aliphatic heterocycles. The molecule has 1 heterocycles. The van der Waals surface area contributed by atoms with E-state index in [0.717, 1.165) is 11.1 Å². The van der Waals surface area contributed by atoms with E-state index in [1.165, 1.54) is 6.33 Å². The van der Waals surface area contributed by atoms with Gasteiger partial charge in [-0.25, -0.2) is 4.72 Å². The number of carbonyl (C=O) groups excluding carboxylic acids is 1. The molecule has 110 valence electrons. The number of aromatic nitrogens is 4. The Bertz CT molecular complexity index is 568. The summed E-state index contributed by atoms with van der Waals surface area (Å²) in [5, 5.41) is 17.7. The molecule has 1 amide bonds. The lowest BCUT2D eigenvalue weighted by Gasteiger charge is -2.05. The number of carbonyl (C=O) groups is 1. The molecule has 0 saturated carbocycles. The van der Waals surface area contributed by atoms with E-state index in [4.69, 9.17) is 0 Å². The molecule has 0 unspecified atom stereocenters. The predicted molar refractivity (Wildman–Crippen MR) is 76.5 cm³/mol. The Labute approximate surface area is 125 Å². The normalized spacial score (nSPS) is 10.3. The largest absolute Gasteiger partial charge is 0.355 e. The Morgan fingerprint density at radius 2 is 1.86 bits per heavy atom. The number of nitrogens with one attached hydrogen (secondary N) is 2. The van der Waals surface area contributed by atoms with Crippen LogP contribution in [0.25, 0.3) is 11.4 Å². The van der Waals surface area contributed by atoms with Gasteiger partial charge in [-0.3, -0.25) is 4.79 Å². The van der Waals surface area contributed by atoms with E-state index in [1.54, 1.807) is 0 Å². The topological polar surface area (TPSA) is 92.7 Å². The molecule has 21 heavy (non-hydrogen) atoms. The molecule has 0 radical (unpaired) electrons. The summed E-state index contributed by atoms with van der Waals surface area (Å²) >= 11 is 0.0334. The van der Waals surface area contributed by atoms with Crippen LogP contribution >= 0.6 is 12.3 Å². The third-order valence-electron chi connectivity index (χ3n) is 2.59. The highest BCUT2D eigenvalue weighted by molar-refractivity contribution is 7.92. The van der Waals surface area contributed by atoms with Gasteiger partial charge in [0.25, 0.3) is 0 Å². The van der Waals surface area contributed by atoms with Gasteiger partial charge in [0, 0.05) is 18.7 Å². The van der Waals surface area contributed by atoms with E-state index in [9.17, 15) is 8.68 Å². The minimum Gasteiger partial charge on any atom is -0.355 e. The number of benzene rings is 1. The molecule has 9 heteroatoms. The standard InChI is InChI=1S/C12H13FN6OS/c13-21-17-6-5-14-11(20)7-9-1-3-10(4-2-9)12-18-15-8-16-19-12/h1-4,8,17H,5-7H2,(H,14,20). The fraction of sp³-hybridized carbons (Fsp3) is 0.250. The lowest BCUT2D eigenvalue weighted by atomic mass is 10.1. The highest BCUT2D eigenvalue weighted by Gasteiger charge is 2.05. The molecule has 2 rings (SSSR count). The average Bonchev–Trinajstić information content (AvgIpc) is 2.53. The van der Waals surface area contributed by atoms with Gasteiger partial charge >= 0.3 is 0 Å². The summed E-state index contributed by atoms with van der Waals surface area (Å²) in [6.45, 7) is 0.750. The fourth-order valence-corrected chi connectivity index (χ4v) is 1.81. The van der Waals surface area contributed by atoms with Crippen LogP contribution < -0.4 is 10.0 Å². The predicted octanol–water partition coefficient (Wildman–Crippen LogP) is 0.715. The van der Waals surface area contributed by atoms with Crippen molar-refractivity contribution in [1.82, 2.24) is 30.4 Å². The number of halogens is 1. The molecule has 0 fully saturated rings. The molecule has 0 atom stereocenters. The van der Waals surface area contributed by atoms with Gasteiger partial charge in [-0.15, -0.1) is 24.3 Å². The summed E-state index contributed by atoms with van der Waals surface area (Å²) in [5.41, 5.74) is 1.64. The van der Waals surface area contributed by atoms with Gasteiger partial charge in [-0.2, -0.15) is 0 Å². The van der Waals surface area contributed by atoms with Crippen molar-refractivity contribution in [3.63, 3.8) is 0 Å². The first-order valence-electron chi connectivity index (χ1n) is 6.16. The van der Waals surface area contributed by atoms with Crippen molar-refractivity contribution in [3.8, 4) is 11.4 Å². The van der Waals surface area contributed by atoms with Crippen LogP contribution in [0.5, 0.6) is 0 Å². The Hall–Kier alpha value is -2.13. The van der Waals surface area contributed by atoms with Gasteiger partial charge in [0.1, 0.15) is 12.3 Å². The van der Waals surface area contributed by atoms with Gasteiger partial charge in [0.2, 0.25) is 11.7 Å². The summed E-state index contributed by atoms with van der Waals surface area (Å²) in [4.78, 5) is 11.6. The van der Waals surface area contributed by atoms with Crippen molar-refractivity contribution >= 4 is 18.2 Å². The van der Waals surface area contributed by atoms with Crippen LogP contribution in [0.1, 0.15) is 5.56 Å². The van der Waals surface area contributed by atoms with Crippen molar-refractivity contribution in [1.29, 1.82) is 0 Å². The molecule has 0 aliphatic carbocycles. The number of rotatable bonds is 7. The summed E-state index contributed by atoms with van der Waals surface area (Å²) in [6, 6.07) is 7.26. The van der Waals surface area contributed by atoms with E-state index in [0.29, 0.717) is 18.9 Å². The summed E-state index contributed by atoms with van der Waals surface area (Å²) in [6.07, 6.45) is 1.52. The highest BCUT2D eigenvalue weighted by atomic mass is 32.2. The molecular formula is C12H13FN6OS. The third kappa shape index (κ3) is 5.04. The zero-order valence-electron chi connectivity index (χ0n) is 11.0. The molecule has 0 saturated heterocycles. The quantitative estimate of drug-likeness (QED) is 0.575. The van der Waals surface area contributed by atoms with Crippen molar-refractivity contribution in [2.45, 2.75) is 6.42 Å². The molecule has 0 aliphatic rings. The number of hydrogen-bond donors (Lipinski definition) is 2. The number of nitrogens with zero attached hydrogens (tertiary/aromatic N) is 4. The molecule has 1 aromatic carbocycles. The first-order valence-corrected chi connectivity index (χ1v) is 6.88. The highest BCUT2D eigenvalue weighted by Crippen LogP contribution is 2.13. The van der Waals surface area contributed by atoms with Crippen molar-refractivity contribution in [2.75, 3.05) is 13.1 Å². The maximum absolute atomic E-state index is 11.7. The molecule has 0 spiro atoms. The SMILES string of the molecule is O=C(Cc1ccc(-c2nncnn2)cc1)NCCNSF. The van der Waals surface area contributed by atoms with Crippen LogP contribution in [0.4, 0.5) is 3.89 Å². The molecule has 2 N–H and O–H groups in total. The van der Waals surface area contributed by atoms with E-state index < -0.39 is 0 Å². The monoisotopic (exact) mass is 308 g/mol. The van der Waals surface area contributed by atoms with Gasteiger partial charge in [-0.05, 0) is 5.56 Å².